The van der Waals surface area contributed by atoms with E-state index in [0.29, 0.717) is 15.7 Å². The summed E-state index contributed by atoms with van der Waals surface area (Å²) in [5, 5.41) is 11.5. The highest BCUT2D eigenvalue weighted by atomic mass is 35.5. The lowest BCUT2D eigenvalue weighted by Gasteiger charge is -2.11. The molecular formula is C20H17Cl2N5O5S3. The summed E-state index contributed by atoms with van der Waals surface area (Å²) in [4.78, 5) is 12.8. The molecule has 0 amide bonds. The first kappa shape index (κ1) is 25.5. The molecule has 1 aromatic heterocycles. The van der Waals surface area contributed by atoms with Gasteiger partial charge < -0.3 is 5.43 Å². The molecule has 184 valence electrons. The molecule has 0 fully saturated rings. The molecule has 0 bridgehead atoms. The largest absolute Gasteiger partial charge is 0.308 e. The molecule has 0 radical (unpaired) electrons. The average molecular weight is 574 g/mol. The number of aromatic nitrogens is 2. The molecule has 2 N–H and O–H groups in total. The summed E-state index contributed by atoms with van der Waals surface area (Å²) in [5.41, 5.74) is 3.02. The number of rotatable bonds is 9. The van der Waals surface area contributed by atoms with Crippen molar-refractivity contribution in [2.45, 2.75) is 16.8 Å². The van der Waals surface area contributed by atoms with Crippen LogP contribution in [0.2, 0.25) is 10.0 Å². The second kappa shape index (κ2) is 10.2. The lowest BCUT2D eigenvalue weighted by atomic mass is 10.1. The number of carbonyl (C=O) groups is 1. The predicted octanol–water partition coefficient (Wildman–Crippen LogP) is 2.91. The Bertz CT molecular complexity index is 1490. The van der Waals surface area contributed by atoms with Gasteiger partial charge in [0.05, 0.1) is 6.54 Å². The monoisotopic (exact) mass is 573 g/mol. The van der Waals surface area contributed by atoms with Gasteiger partial charge in [-0.05, 0) is 48.5 Å². The fourth-order valence-electron chi connectivity index (χ4n) is 3.20. The van der Waals surface area contributed by atoms with Crippen molar-refractivity contribution >= 4 is 71.6 Å². The number of sulfonamides is 1. The number of nitrogens with zero attached hydrogens (tertiary/aromatic N) is 3. The van der Waals surface area contributed by atoms with E-state index in [9.17, 15) is 21.6 Å². The molecule has 1 aliphatic rings. The van der Waals surface area contributed by atoms with Gasteiger partial charge in [0.25, 0.3) is 0 Å². The molecule has 0 aliphatic carbocycles. The normalized spacial score (nSPS) is 15.9. The van der Waals surface area contributed by atoms with Crippen LogP contribution in [0.4, 0.5) is 5.69 Å². The maximum absolute atomic E-state index is 13.1. The van der Waals surface area contributed by atoms with E-state index in [2.05, 4.69) is 25.4 Å². The number of nitrogens with one attached hydrogen (secondary N) is 2. The number of ketones is 1. The van der Waals surface area contributed by atoms with Crippen molar-refractivity contribution in [3.8, 4) is 0 Å². The van der Waals surface area contributed by atoms with E-state index >= 15 is 0 Å². The number of sulfone groups is 1. The van der Waals surface area contributed by atoms with Crippen LogP contribution in [0.15, 0.2) is 53.6 Å². The SMILES string of the molecule is O=C(C1=NNC[C@@H]1S(=O)(=O)Cc1nnc(CS(=O)(=O)Nc2ccc(Cl)cc2)s1)c1ccc(Cl)cc1. The van der Waals surface area contributed by atoms with Gasteiger partial charge in [-0.25, -0.2) is 16.8 Å². The van der Waals surface area contributed by atoms with Gasteiger partial charge in [0, 0.05) is 21.3 Å². The number of benzene rings is 2. The molecule has 0 saturated carbocycles. The van der Waals surface area contributed by atoms with E-state index < -0.39 is 42.4 Å². The van der Waals surface area contributed by atoms with Gasteiger partial charge in [-0.2, -0.15) is 5.10 Å². The van der Waals surface area contributed by atoms with Crippen LogP contribution in [0.1, 0.15) is 20.4 Å². The van der Waals surface area contributed by atoms with E-state index in [-0.39, 0.29) is 27.8 Å². The fourth-order valence-corrected chi connectivity index (χ4v) is 7.70. The first-order chi connectivity index (χ1) is 16.5. The van der Waals surface area contributed by atoms with Crippen molar-refractivity contribution in [3.05, 3.63) is 74.2 Å². The highest BCUT2D eigenvalue weighted by Gasteiger charge is 2.38. The van der Waals surface area contributed by atoms with Crippen molar-refractivity contribution in [2.24, 2.45) is 5.10 Å². The Balaban J connectivity index is 1.44. The van der Waals surface area contributed by atoms with E-state index in [1.165, 1.54) is 36.4 Å². The standard InChI is InChI=1S/C20H17Cl2N5O5S3/c21-13-3-1-12(2-4-13)20(28)19-16(9-23-26-19)34(29,30)10-17-24-25-18(33-17)11-35(31,32)27-15-7-5-14(22)6-8-15/h1-8,16,23,27H,9-11H2/t16-/m0/s1. The average Bonchev–Trinajstić information content (AvgIpc) is 3.45. The van der Waals surface area contributed by atoms with Gasteiger partial charge in [-0.1, -0.05) is 34.5 Å². The van der Waals surface area contributed by atoms with Gasteiger partial charge in [0.1, 0.15) is 32.5 Å². The van der Waals surface area contributed by atoms with Gasteiger partial charge >= 0.3 is 0 Å². The number of anilines is 1. The highest BCUT2D eigenvalue weighted by molar-refractivity contribution is 7.92. The number of Topliss-reactive ketones (excluding diaryl/α,β-unsaturated/α-hetero) is 1. The summed E-state index contributed by atoms with van der Waals surface area (Å²) in [6.45, 7) is -0.0674. The van der Waals surface area contributed by atoms with Gasteiger partial charge in [0.2, 0.25) is 15.8 Å². The van der Waals surface area contributed by atoms with Crippen LogP contribution in [0, 0.1) is 0 Å². The van der Waals surface area contributed by atoms with Crippen LogP contribution in [-0.4, -0.2) is 50.3 Å². The van der Waals surface area contributed by atoms with Crippen LogP contribution >= 0.6 is 34.5 Å². The third-order valence-corrected chi connectivity index (χ3v) is 9.74. The van der Waals surface area contributed by atoms with Crippen molar-refractivity contribution in [1.82, 2.24) is 15.6 Å². The predicted molar refractivity (Wildman–Crippen MR) is 135 cm³/mol. The molecule has 2 heterocycles. The van der Waals surface area contributed by atoms with Crippen LogP contribution in [-0.2, 0) is 31.4 Å². The Morgan fingerprint density at radius 2 is 1.51 bits per heavy atom. The van der Waals surface area contributed by atoms with Gasteiger partial charge in [-0.3, -0.25) is 9.52 Å². The van der Waals surface area contributed by atoms with Gasteiger partial charge in [0.15, 0.2) is 9.84 Å². The molecule has 0 saturated heterocycles. The summed E-state index contributed by atoms with van der Waals surface area (Å²) >= 11 is 12.5. The molecule has 15 heteroatoms. The van der Waals surface area contributed by atoms with E-state index in [4.69, 9.17) is 23.2 Å². The smallest absolute Gasteiger partial charge is 0.239 e. The van der Waals surface area contributed by atoms with E-state index in [1.807, 2.05) is 0 Å². The highest BCUT2D eigenvalue weighted by Crippen LogP contribution is 2.22. The van der Waals surface area contributed by atoms with Crippen molar-refractivity contribution in [3.63, 3.8) is 0 Å². The third kappa shape index (κ3) is 6.35. The first-order valence-electron chi connectivity index (χ1n) is 9.92. The van der Waals surface area contributed by atoms with Crippen LogP contribution in [0.25, 0.3) is 0 Å². The third-order valence-electron chi connectivity index (χ3n) is 4.82. The fraction of sp³-hybridized carbons (Fsp3) is 0.200. The lowest BCUT2D eigenvalue weighted by molar-refractivity contribution is 0.106. The minimum Gasteiger partial charge on any atom is -0.308 e. The molecule has 4 rings (SSSR count). The number of halogens is 2. The topological polar surface area (TPSA) is 148 Å². The molecule has 10 nitrogen and oxygen atoms in total. The second-order valence-corrected chi connectivity index (χ2v) is 13.4. The van der Waals surface area contributed by atoms with Gasteiger partial charge in [-0.15, -0.1) is 10.2 Å². The Morgan fingerprint density at radius 1 is 0.943 bits per heavy atom. The second-order valence-electron chi connectivity index (χ2n) is 7.45. The maximum Gasteiger partial charge on any atom is 0.239 e. The van der Waals surface area contributed by atoms with Crippen LogP contribution in [0.3, 0.4) is 0 Å². The zero-order valence-corrected chi connectivity index (χ0v) is 21.6. The zero-order chi connectivity index (χ0) is 25.2. The number of hydrogen-bond donors (Lipinski definition) is 2. The molecule has 2 aromatic carbocycles. The summed E-state index contributed by atoms with van der Waals surface area (Å²) in [6.07, 6.45) is 0. The van der Waals surface area contributed by atoms with Crippen molar-refractivity contribution in [1.29, 1.82) is 0 Å². The minimum atomic E-state index is -3.92. The minimum absolute atomic E-state index is 0.0674. The molecule has 0 unspecified atom stereocenters. The summed E-state index contributed by atoms with van der Waals surface area (Å²) in [6, 6.07) is 12.1. The Kier molecular flexibility index (Phi) is 7.43. The summed E-state index contributed by atoms with van der Waals surface area (Å²) in [7, 11) is -7.73. The number of carbonyl (C=O) groups excluding carboxylic acids is 1. The van der Waals surface area contributed by atoms with Crippen molar-refractivity contribution < 1.29 is 21.6 Å². The molecular weight excluding hydrogens is 557 g/mol. The Morgan fingerprint density at radius 3 is 2.14 bits per heavy atom. The molecule has 35 heavy (non-hydrogen) atoms. The molecule has 3 aromatic rings. The van der Waals surface area contributed by atoms with Crippen LogP contribution in [0.5, 0.6) is 0 Å². The maximum atomic E-state index is 13.1. The van der Waals surface area contributed by atoms with Crippen molar-refractivity contribution in [2.75, 3.05) is 11.3 Å². The van der Waals surface area contributed by atoms with E-state index in [1.54, 1.807) is 12.1 Å². The molecule has 1 atom stereocenters. The Hall–Kier alpha value is -2.58. The number of hydrogen-bond acceptors (Lipinski definition) is 10. The van der Waals surface area contributed by atoms with Crippen LogP contribution < -0.4 is 10.1 Å². The Labute approximate surface area is 215 Å². The first-order valence-corrected chi connectivity index (χ1v) is 14.9. The quantitative estimate of drug-likeness (QED) is 0.371. The zero-order valence-electron chi connectivity index (χ0n) is 17.7. The van der Waals surface area contributed by atoms with E-state index in [0.717, 1.165) is 11.3 Å². The summed E-state index contributed by atoms with van der Waals surface area (Å²) in [5.74, 6) is -1.54. The summed E-state index contributed by atoms with van der Waals surface area (Å²) < 4.78 is 53.4. The number of hydrazone groups is 1. The molecule has 1 aliphatic heterocycles. The molecule has 0 spiro atoms. The lowest BCUT2D eigenvalue weighted by Crippen LogP contribution is -2.36.